The maximum Gasteiger partial charge on any atom is 0.126 e. The average molecular weight is 263 g/mol. The average Bonchev–Trinajstić information content (AvgIpc) is 2.41. The monoisotopic (exact) mass is 262 g/mol. The lowest BCUT2D eigenvalue weighted by molar-refractivity contribution is 0.617. The van der Waals surface area contributed by atoms with E-state index in [9.17, 15) is 4.39 Å². The first-order valence-corrected chi connectivity index (χ1v) is 6.54. The van der Waals surface area contributed by atoms with E-state index in [-0.39, 0.29) is 11.2 Å². The summed E-state index contributed by atoms with van der Waals surface area (Å²) in [5.74, 6) is -0.149. The van der Waals surface area contributed by atoms with E-state index in [1.165, 1.54) is 6.07 Å². The van der Waals surface area contributed by atoms with Crippen molar-refractivity contribution in [2.24, 2.45) is 0 Å². The summed E-state index contributed by atoms with van der Waals surface area (Å²) in [6.45, 7) is 1.79. The Labute approximate surface area is 112 Å². The molecule has 0 aliphatic heterocycles. The number of alkyl halides is 1. The van der Waals surface area contributed by atoms with E-state index in [1.54, 1.807) is 6.92 Å². The Bertz CT molecular complexity index is 508. The molecule has 2 aromatic carbocycles. The zero-order valence-corrected chi connectivity index (χ0v) is 11.1. The molecule has 1 atom stereocenters. The van der Waals surface area contributed by atoms with Crippen LogP contribution in [0, 0.1) is 12.7 Å². The van der Waals surface area contributed by atoms with E-state index < -0.39 is 0 Å². The van der Waals surface area contributed by atoms with Crippen LogP contribution in [0.3, 0.4) is 0 Å². The molecule has 0 saturated carbocycles. The molecule has 1 unspecified atom stereocenters. The normalized spacial score (nSPS) is 12.4. The fraction of sp³-hybridized carbons (Fsp3) is 0.250. The van der Waals surface area contributed by atoms with Crippen LogP contribution in [0.25, 0.3) is 0 Å². The van der Waals surface area contributed by atoms with Gasteiger partial charge in [-0.2, -0.15) is 0 Å². The van der Waals surface area contributed by atoms with Crippen molar-refractivity contribution in [3.8, 4) is 0 Å². The largest absolute Gasteiger partial charge is 0.207 e. The Hall–Kier alpha value is -1.34. The summed E-state index contributed by atoms with van der Waals surface area (Å²) in [6, 6.07) is 15.3. The van der Waals surface area contributed by atoms with Crippen LogP contribution in [-0.2, 0) is 6.42 Å². The van der Waals surface area contributed by atoms with Crippen molar-refractivity contribution in [1.29, 1.82) is 0 Å². The highest BCUT2D eigenvalue weighted by molar-refractivity contribution is 6.20. The molecule has 0 nitrogen and oxygen atoms in total. The molecule has 0 N–H and O–H groups in total. The van der Waals surface area contributed by atoms with Gasteiger partial charge in [0.2, 0.25) is 0 Å². The second-order valence-corrected chi connectivity index (χ2v) is 5.03. The van der Waals surface area contributed by atoms with Crippen molar-refractivity contribution in [1.82, 2.24) is 0 Å². The van der Waals surface area contributed by atoms with E-state index in [0.717, 1.165) is 24.0 Å². The molecule has 0 heterocycles. The van der Waals surface area contributed by atoms with Gasteiger partial charge in [-0.25, -0.2) is 4.39 Å². The van der Waals surface area contributed by atoms with Crippen LogP contribution in [0.15, 0.2) is 48.5 Å². The summed E-state index contributed by atoms with van der Waals surface area (Å²) in [4.78, 5) is 0. The predicted molar refractivity (Wildman–Crippen MR) is 74.5 cm³/mol. The van der Waals surface area contributed by atoms with E-state index in [4.69, 9.17) is 11.6 Å². The van der Waals surface area contributed by atoms with Gasteiger partial charge in [0, 0.05) is 0 Å². The molecule has 94 valence electrons. The smallest absolute Gasteiger partial charge is 0.126 e. The van der Waals surface area contributed by atoms with E-state index in [0.29, 0.717) is 5.56 Å². The highest BCUT2D eigenvalue weighted by Crippen LogP contribution is 2.25. The SMILES string of the molecule is Cc1cc(CCC(Cl)c2ccccc2)ccc1F. The second kappa shape index (κ2) is 6.01. The maximum atomic E-state index is 13.1. The Morgan fingerprint density at radius 3 is 2.50 bits per heavy atom. The van der Waals surface area contributed by atoms with Crippen molar-refractivity contribution in [3.63, 3.8) is 0 Å². The van der Waals surface area contributed by atoms with Crippen LogP contribution < -0.4 is 0 Å². The van der Waals surface area contributed by atoms with Crippen LogP contribution in [0.2, 0.25) is 0 Å². The van der Waals surface area contributed by atoms with Gasteiger partial charge in [-0.15, -0.1) is 11.6 Å². The van der Waals surface area contributed by atoms with Gasteiger partial charge < -0.3 is 0 Å². The van der Waals surface area contributed by atoms with Crippen molar-refractivity contribution < 1.29 is 4.39 Å². The van der Waals surface area contributed by atoms with E-state index in [1.807, 2.05) is 42.5 Å². The first-order valence-electron chi connectivity index (χ1n) is 6.11. The number of halogens is 2. The Morgan fingerprint density at radius 2 is 1.83 bits per heavy atom. The fourth-order valence-electron chi connectivity index (χ4n) is 1.98. The Morgan fingerprint density at radius 1 is 1.11 bits per heavy atom. The molecule has 18 heavy (non-hydrogen) atoms. The Balaban J connectivity index is 1.97. The van der Waals surface area contributed by atoms with Crippen molar-refractivity contribution in [3.05, 3.63) is 71.0 Å². The molecule has 0 fully saturated rings. The molecule has 0 saturated heterocycles. The lowest BCUT2D eigenvalue weighted by Crippen LogP contribution is -1.95. The summed E-state index contributed by atoms with van der Waals surface area (Å²) in [6.07, 6.45) is 1.72. The molecule has 0 radical (unpaired) electrons. The molecule has 0 aromatic heterocycles. The first-order chi connectivity index (χ1) is 8.66. The van der Waals surface area contributed by atoms with E-state index >= 15 is 0 Å². The minimum atomic E-state index is -0.149. The lowest BCUT2D eigenvalue weighted by Gasteiger charge is -2.10. The number of benzene rings is 2. The summed E-state index contributed by atoms with van der Waals surface area (Å²) in [5, 5.41) is 0.0107. The van der Waals surface area contributed by atoms with Crippen LogP contribution >= 0.6 is 11.6 Å². The third kappa shape index (κ3) is 3.33. The molecule has 0 aliphatic rings. The minimum absolute atomic E-state index is 0.0107. The van der Waals surface area contributed by atoms with Gasteiger partial charge in [0.05, 0.1) is 5.38 Å². The van der Waals surface area contributed by atoms with Crippen LogP contribution in [0.4, 0.5) is 4.39 Å². The highest BCUT2D eigenvalue weighted by atomic mass is 35.5. The Kier molecular flexibility index (Phi) is 4.38. The standard InChI is InChI=1S/C16H16ClF/c1-12-11-13(8-10-16(12)18)7-9-15(17)14-5-3-2-4-6-14/h2-6,8,10-11,15H,7,9H2,1H3. The van der Waals surface area contributed by atoms with Gasteiger partial charge in [0.1, 0.15) is 5.82 Å². The van der Waals surface area contributed by atoms with Crippen LogP contribution in [0.1, 0.15) is 28.5 Å². The number of hydrogen-bond donors (Lipinski definition) is 0. The minimum Gasteiger partial charge on any atom is -0.207 e. The van der Waals surface area contributed by atoms with Crippen molar-refractivity contribution in [2.75, 3.05) is 0 Å². The molecule has 0 amide bonds. The first kappa shape index (κ1) is 13.1. The molecular formula is C16H16ClF. The summed E-state index contributed by atoms with van der Waals surface area (Å²) in [5.41, 5.74) is 2.96. The number of hydrogen-bond acceptors (Lipinski definition) is 0. The number of aryl methyl sites for hydroxylation is 2. The quantitative estimate of drug-likeness (QED) is 0.677. The predicted octanol–water partition coefficient (Wildman–Crippen LogP) is 5.05. The van der Waals surface area contributed by atoms with Gasteiger partial charge in [-0.05, 0) is 42.5 Å². The fourth-order valence-corrected chi connectivity index (χ4v) is 2.24. The summed E-state index contributed by atoms with van der Waals surface area (Å²) >= 11 is 6.35. The summed E-state index contributed by atoms with van der Waals surface area (Å²) < 4.78 is 13.1. The molecule has 0 spiro atoms. The number of rotatable bonds is 4. The third-order valence-electron chi connectivity index (χ3n) is 3.07. The zero-order valence-electron chi connectivity index (χ0n) is 10.4. The lowest BCUT2D eigenvalue weighted by atomic mass is 10.0. The molecule has 2 aromatic rings. The van der Waals surface area contributed by atoms with Gasteiger partial charge in [-0.3, -0.25) is 0 Å². The molecular weight excluding hydrogens is 247 g/mol. The van der Waals surface area contributed by atoms with Crippen molar-refractivity contribution in [2.45, 2.75) is 25.1 Å². The third-order valence-corrected chi connectivity index (χ3v) is 3.54. The maximum absolute atomic E-state index is 13.1. The second-order valence-electron chi connectivity index (χ2n) is 4.50. The topological polar surface area (TPSA) is 0 Å². The van der Waals surface area contributed by atoms with Crippen LogP contribution in [0.5, 0.6) is 0 Å². The van der Waals surface area contributed by atoms with Crippen LogP contribution in [-0.4, -0.2) is 0 Å². The van der Waals surface area contributed by atoms with Gasteiger partial charge in [-0.1, -0.05) is 42.5 Å². The highest BCUT2D eigenvalue weighted by Gasteiger charge is 2.08. The molecule has 2 heteroatoms. The van der Waals surface area contributed by atoms with Gasteiger partial charge in [0.15, 0.2) is 0 Å². The molecule has 0 aliphatic carbocycles. The zero-order chi connectivity index (χ0) is 13.0. The molecule has 0 bridgehead atoms. The summed E-state index contributed by atoms with van der Waals surface area (Å²) in [7, 11) is 0. The van der Waals surface area contributed by atoms with Gasteiger partial charge in [0.25, 0.3) is 0 Å². The van der Waals surface area contributed by atoms with Crippen molar-refractivity contribution >= 4 is 11.6 Å². The van der Waals surface area contributed by atoms with E-state index in [2.05, 4.69) is 0 Å². The molecule has 2 rings (SSSR count). The van der Waals surface area contributed by atoms with Gasteiger partial charge >= 0.3 is 0 Å².